The lowest BCUT2D eigenvalue weighted by molar-refractivity contribution is -0.380. The Balaban J connectivity index is 1.68. The van der Waals surface area contributed by atoms with Gasteiger partial charge in [0, 0.05) is 26.2 Å². The van der Waals surface area contributed by atoms with Crippen LogP contribution < -0.4 is 10.2 Å². The molecule has 0 saturated carbocycles. The van der Waals surface area contributed by atoms with Gasteiger partial charge < -0.3 is 15.0 Å². The van der Waals surface area contributed by atoms with Crippen molar-refractivity contribution in [3.05, 3.63) is 33.3 Å². The molecule has 4 heterocycles. The number of nitro groups is 1. The molecular formula is C15H15N7O4S. The van der Waals surface area contributed by atoms with E-state index in [9.17, 15) is 14.9 Å². The molecule has 140 valence electrons. The Bertz CT molecular complexity index is 1020. The van der Waals surface area contributed by atoms with Gasteiger partial charge in [-0.15, -0.1) is 0 Å². The first-order valence-electron chi connectivity index (χ1n) is 8.11. The number of aromatic nitrogens is 4. The van der Waals surface area contributed by atoms with Gasteiger partial charge in [0.2, 0.25) is 5.95 Å². The fourth-order valence-corrected chi connectivity index (χ4v) is 3.44. The van der Waals surface area contributed by atoms with Gasteiger partial charge in [-0.3, -0.25) is 19.6 Å². The number of fused-ring (bicyclic) bond motifs is 1. The maximum atomic E-state index is 12.5. The van der Waals surface area contributed by atoms with Crippen LogP contribution in [0.25, 0.3) is 11.0 Å². The summed E-state index contributed by atoms with van der Waals surface area (Å²) in [5.74, 6) is 0.322. The van der Waals surface area contributed by atoms with E-state index in [2.05, 4.69) is 20.4 Å². The van der Waals surface area contributed by atoms with Crippen molar-refractivity contribution in [2.75, 3.05) is 36.5 Å². The molecule has 1 saturated heterocycles. The second-order valence-electron chi connectivity index (χ2n) is 5.83. The van der Waals surface area contributed by atoms with E-state index < -0.39 is 10.8 Å². The number of nitrogens with one attached hydrogen (secondary N) is 1. The number of morpholine rings is 1. The number of thiophene rings is 1. The SMILES string of the molecule is Cn1ncc2c(NC(=O)c3ccc([N+](=O)[O-])s3)nc(N3CCOCC3)nc21. The number of hydrogen-bond donors (Lipinski definition) is 1. The van der Waals surface area contributed by atoms with Crippen molar-refractivity contribution in [3.8, 4) is 0 Å². The zero-order valence-electron chi connectivity index (χ0n) is 14.3. The molecular weight excluding hydrogens is 374 g/mol. The van der Waals surface area contributed by atoms with Crippen LogP contribution in [0.4, 0.5) is 16.8 Å². The lowest BCUT2D eigenvalue weighted by atomic mass is 10.3. The van der Waals surface area contributed by atoms with E-state index >= 15 is 0 Å². The van der Waals surface area contributed by atoms with Gasteiger partial charge in [0.05, 0.1) is 34.6 Å². The number of anilines is 2. The smallest absolute Gasteiger partial charge is 0.324 e. The summed E-state index contributed by atoms with van der Waals surface area (Å²) >= 11 is 0.809. The van der Waals surface area contributed by atoms with Crippen molar-refractivity contribution in [1.82, 2.24) is 19.7 Å². The van der Waals surface area contributed by atoms with Crippen molar-refractivity contribution in [2.45, 2.75) is 0 Å². The summed E-state index contributed by atoms with van der Waals surface area (Å²) in [4.78, 5) is 34.1. The van der Waals surface area contributed by atoms with Crippen LogP contribution in [0.5, 0.6) is 0 Å². The van der Waals surface area contributed by atoms with Crippen molar-refractivity contribution in [1.29, 1.82) is 0 Å². The molecule has 0 atom stereocenters. The maximum Gasteiger partial charge on any atom is 0.324 e. The molecule has 1 fully saturated rings. The molecule has 12 heteroatoms. The number of amides is 1. The quantitative estimate of drug-likeness (QED) is 0.524. The van der Waals surface area contributed by atoms with Crippen LogP contribution in [0.3, 0.4) is 0 Å². The highest BCUT2D eigenvalue weighted by molar-refractivity contribution is 7.17. The molecule has 0 unspecified atom stereocenters. The number of carbonyl (C=O) groups excluding carboxylic acids is 1. The Kier molecular flexibility index (Phi) is 4.41. The van der Waals surface area contributed by atoms with Crippen LogP contribution >= 0.6 is 11.3 Å². The minimum Gasteiger partial charge on any atom is -0.378 e. The van der Waals surface area contributed by atoms with Gasteiger partial charge in [-0.2, -0.15) is 15.1 Å². The molecule has 3 aromatic heterocycles. The zero-order valence-corrected chi connectivity index (χ0v) is 15.1. The van der Waals surface area contributed by atoms with E-state index in [1.807, 2.05) is 4.90 Å². The predicted molar refractivity (Wildman–Crippen MR) is 98.3 cm³/mol. The lowest BCUT2D eigenvalue weighted by Crippen LogP contribution is -2.37. The molecule has 1 aliphatic heterocycles. The highest BCUT2D eigenvalue weighted by Gasteiger charge is 2.21. The average Bonchev–Trinajstić information content (AvgIpc) is 3.30. The van der Waals surface area contributed by atoms with Gasteiger partial charge in [-0.1, -0.05) is 11.3 Å². The average molecular weight is 389 g/mol. The van der Waals surface area contributed by atoms with E-state index in [1.165, 1.54) is 12.1 Å². The molecule has 0 aliphatic carbocycles. The first-order chi connectivity index (χ1) is 13.0. The summed E-state index contributed by atoms with van der Waals surface area (Å²) in [6.45, 7) is 2.45. The third kappa shape index (κ3) is 3.31. The third-order valence-corrected chi connectivity index (χ3v) is 5.14. The molecule has 0 aromatic carbocycles. The second-order valence-corrected chi connectivity index (χ2v) is 6.89. The van der Waals surface area contributed by atoms with Crippen molar-refractivity contribution in [3.63, 3.8) is 0 Å². The van der Waals surface area contributed by atoms with E-state index in [0.29, 0.717) is 49.1 Å². The Morgan fingerprint density at radius 2 is 2.11 bits per heavy atom. The Hall–Kier alpha value is -3.12. The molecule has 3 aromatic rings. The summed E-state index contributed by atoms with van der Waals surface area (Å²) < 4.78 is 6.96. The van der Waals surface area contributed by atoms with Crippen molar-refractivity contribution < 1.29 is 14.5 Å². The first-order valence-corrected chi connectivity index (χ1v) is 8.92. The van der Waals surface area contributed by atoms with Gasteiger partial charge >= 0.3 is 5.00 Å². The van der Waals surface area contributed by atoms with Gasteiger partial charge in [0.25, 0.3) is 5.91 Å². The predicted octanol–water partition coefficient (Wildman–Crippen LogP) is 1.42. The van der Waals surface area contributed by atoms with Crippen molar-refractivity contribution >= 4 is 45.0 Å². The fourth-order valence-electron chi connectivity index (χ4n) is 2.73. The van der Waals surface area contributed by atoms with Gasteiger partial charge in [-0.25, -0.2) is 0 Å². The van der Waals surface area contributed by atoms with Crippen LogP contribution in [0.1, 0.15) is 9.67 Å². The Labute approximate surface area is 156 Å². The summed E-state index contributed by atoms with van der Waals surface area (Å²) in [6, 6.07) is 2.72. The molecule has 11 nitrogen and oxygen atoms in total. The minimum atomic E-state index is -0.526. The van der Waals surface area contributed by atoms with Gasteiger partial charge in [-0.05, 0) is 6.07 Å². The number of nitrogens with zero attached hydrogens (tertiary/aromatic N) is 6. The monoisotopic (exact) mass is 389 g/mol. The summed E-state index contributed by atoms with van der Waals surface area (Å²) in [5.41, 5.74) is 0.582. The fraction of sp³-hybridized carbons (Fsp3) is 0.333. The van der Waals surface area contributed by atoms with E-state index in [4.69, 9.17) is 4.74 Å². The minimum absolute atomic E-state index is 0.0941. The van der Waals surface area contributed by atoms with Crippen molar-refractivity contribution in [2.24, 2.45) is 7.05 Å². The van der Waals surface area contributed by atoms with E-state index in [-0.39, 0.29) is 9.88 Å². The van der Waals surface area contributed by atoms with Crippen LogP contribution in [-0.2, 0) is 11.8 Å². The van der Waals surface area contributed by atoms with E-state index in [1.54, 1.807) is 17.9 Å². The Morgan fingerprint density at radius 3 is 2.81 bits per heavy atom. The van der Waals surface area contributed by atoms with Crippen LogP contribution in [-0.4, -0.2) is 56.9 Å². The molecule has 1 N–H and O–H groups in total. The number of carbonyl (C=O) groups is 1. The number of rotatable bonds is 4. The molecule has 1 amide bonds. The van der Waals surface area contributed by atoms with E-state index in [0.717, 1.165) is 11.3 Å². The molecule has 1 aliphatic rings. The molecule has 27 heavy (non-hydrogen) atoms. The summed E-state index contributed by atoms with van der Waals surface area (Å²) in [5, 5.41) is 18.2. The summed E-state index contributed by atoms with van der Waals surface area (Å²) in [7, 11) is 1.76. The normalized spacial score (nSPS) is 14.5. The van der Waals surface area contributed by atoms with Gasteiger partial charge in [0.1, 0.15) is 5.82 Å². The second kappa shape index (κ2) is 6.89. The van der Waals surface area contributed by atoms with Crippen LogP contribution in [0, 0.1) is 10.1 Å². The Morgan fingerprint density at radius 1 is 1.33 bits per heavy atom. The largest absolute Gasteiger partial charge is 0.378 e. The third-order valence-electron chi connectivity index (χ3n) is 4.10. The first kappa shape index (κ1) is 17.3. The number of ether oxygens (including phenoxy) is 1. The lowest BCUT2D eigenvalue weighted by Gasteiger charge is -2.27. The molecule has 4 rings (SSSR count). The highest BCUT2D eigenvalue weighted by atomic mass is 32.1. The zero-order chi connectivity index (χ0) is 19.0. The number of aryl methyl sites for hydroxylation is 1. The molecule has 0 radical (unpaired) electrons. The molecule has 0 spiro atoms. The maximum absolute atomic E-state index is 12.5. The molecule has 0 bridgehead atoms. The number of hydrogen-bond acceptors (Lipinski definition) is 9. The topological polar surface area (TPSA) is 128 Å². The van der Waals surface area contributed by atoms with Gasteiger partial charge in [0.15, 0.2) is 5.65 Å². The summed E-state index contributed by atoms with van der Waals surface area (Å²) in [6.07, 6.45) is 1.57. The standard InChI is InChI=1S/C15H15N7O4S/c1-20-13-9(8-16-20)12(18-15(19-13)21-4-6-26-7-5-21)17-14(23)10-2-3-11(27-10)22(24)25/h2-3,8H,4-7H2,1H3,(H,17,18,19,23). The van der Waals surface area contributed by atoms with Crippen LogP contribution in [0.15, 0.2) is 18.3 Å². The van der Waals surface area contributed by atoms with Crippen LogP contribution in [0.2, 0.25) is 0 Å². The highest BCUT2D eigenvalue weighted by Crippen LogP contribution is 2.27.